The van der Waals surface area contributed by atoms with Gasteiger partial charge in [0.1, 0.15) is 11.3 Å². The fraction of sp³-hybridized carbons (Fsp3) is 0.136. The minimum atomic E-state index is -0.460. The number of carbonyl (C=O) groups excluding carboxylic acids is 1. The number of benzene rings is 2. The molecule has 1 heterocycles. The van der Waals surface area contributed by atoms with Gasteiger partial charge in [0.2, 0.25) is 0 Å². The maximum atomic E-state index is 12.9. The lowest BCUT2D eigenvalue weighted by atomic mass is 10.1. The number of nitriles is 1. The molecular weight excluding hydrogens is 354 g/mol. The summed E-state index contributed by atoms with van der Waals surface area (Å²) in [6, 6.07) is 19.3. The molecule has 0 atom stereocenters. The summed E-state index contributed by atoms with van der Waals surface area (Å²) in [6.45, 7) is 2.05. The molecule has 1 aromatic heterocycles. The van der Waals surface area contributed by atoms with Gasteiger partial charge in [-0.2, -0.15) is 5.26 Å². The number of rotatable bonds is 5. The Balaban J connectivity index is 1.89. The molecule has 0 aliphatic carbocycles. The molecular formula is C22H19N3O3. The summed E-state index contributed by atoms with van der Waals surface area (Å²) in [5.41, 5.74) is 2.13. The Hall–Kier alpha value is -3.85. The Morgan fingerprint density at radius 2 is 1.93 bits per heavy atom. The third-order valence-corrected chi connectivity index (χ3v) is 4.34. The van der Waals surface area contributed by atoms with Crippen molar-refractivity contribution < 1.29 is 9.53 Å². The van der Waals surface area contributed by atoms with Gasteiger partial charge in [0, 0.05) is 12.2 Å². The molecule has 0 fully saturated rings. The van der Waals surface area contributed by atoms with Crippen LogP contribution in [0.15, 0.2) is 65.5 Å². The molecule has 6 heteroatoms. The van der Waals surface area contributed by atoms with Crippen molar-refractivity contribution in [3.8, 4) is 17.5 Å². The van der Waals surface area contributed by atoms with E-state index in [1.165, 1.54) is 10.6 Å². The topological polar surface area (TPSA) is 84.1 Å². The highest BCUT2D eigenvalue weighted by Crippen LogP contribution is 2.13. The molecule has 1 N–H and O–H groups in total. The zero-order chi connectivity index (χ0) is 20.1. The summed E-state index contributed by atoms with van der Waals surface area (Å²) in [4.78, 5) is 25.5. The monoisotopic (exact) mass is 373 g/mol. The molecule has 2 aromatic carbocycles. The number of nitrogens with zero attached hydrogens (tertiary/aromatic N) is 2. The molecule has 0 bridgehead atoms. The Bertz CT molecular complexity index is 1130. The Labute approximate surface area is 162 Å². The molecule has 3 rings (SSSR count). The fourth-order valence-corrected chi connectivity index (χ4v) is 2.90. The first-order valence-corrected chi connectivity index (χ1v) is 8.68. The van der Waals surface area contributed by atoms with Crippen molar-refractivity contribution >= 4 is 5.91 Å². The van der Waals surface area contributed by atoms with Crippen molar-refractivity contribution in [2.75, 3.05) is 7.11 Å². The lowest BCUT2D eigenvalue weighted by molar-refractivity contribution is 0.0949. The number of pyridine rings is 1. The van der Waals surface area contributed by atoms with Crippen molar-refractivity contribution in [3.63, 3.8) is 0 Å². The van der Waals surface area contributed by atoms with Gasteiger partial charge < -0.3 is 10.1 Å². The molecule has 1 amide bonds. The van der Waals surface area contributed by atoms with E-state index in [4.69, 9.17) is 10.00 Å². The van der Waals surface area contributed by atoms with E-state index in [0.29, 0.717) is 22.7 Å². The highest BCUT2D eigenvalue weighted by molar-refractivity contribution is 5.93. The van der Waals surface area contributed by atoms with Crippen LogP contribution in [-0.4, -0.2) is 17.6 Å². The van der Waals surface area contributed by atoms with Gasteiger partial charge in [-0.25, -0.2) is 0 Å². The van der Waals surface area contributed by atoms with Crippen LogP contribution in [0.25, 0.3) is 5.69 Å². The number of carbonyl (C=O) groups is 1. The van der Waals surface area contributed by atoms with E-state index in [-0.39, 0.29) is 12.1 Å². The first-order valence-electron chi connectivity index (χ1n) is 8.68. The lowest BCUT2D eigenvalue weighted by Crippen LogP contribution is -2.33. The SMILES string of the molecule is COc1cccc(CNC(=O)c2ccc(C)n(-c3cccc(C#N)c3)c2=O)c1. The van der Waals surface area contributed by atoms with Crippen molar-refractivity contribution in [1.82, 2.24) is 9.88 Å². The maximum absolute atomic E-state index is 12.9. The van der Waals surface area contributed by atoms with Gasteiger partial charge in [0.05, 0.1) is 24.4 Å². The van der Waals surface area contributed by atoms with Crippen LogP contribution in [-0.2, 0) is 6.54 Å². The van der Waals surface area contributed by atoms with Crippen molar-refractivity contribution in [2.24, 2.45) is 0 Å². The number of nitrogens with one attached hydrogen (secondary N) is 1. The summed E-state index contributed by atoms with van der Waals surface area (Å²) in [5, 5.41) is 11.9. The number of aromatic nitrogens is 1. The average molecular weight is 373 g/mol. The van der Waals surface area contributed by atoms with Gasteiger partial charge in [-0.05, 0) is 55.0 Å². The second kappa shape index (κ2) is 8.23. The third kappa shape index (κ3) is 3.94. The molecule has 0 radical (unpaired) electrons. The van der Waals surface area contributed by atoms with E-state index in [0.717, 1.165) is 5.56 Å². The molecule has 0 unspecified atom stereocenters. The Morgan fingerprint density at radius 1 is 1.14 bits per heavy atom. The van der Waals surface area contributed by atoms with Crippen LogP contribution in [0.1, 0.15) is 27.2 Å². The summed E-state index contributed by atoms with van der Waals surface area (Å²) < 4.78 is 6.61. The average Bonchev–Trinajstić information content (AvgIpc) is 2.72. The molecule has 0 saturated carbocycles. The van der Waals surface area contributed by atoms with E-state index >= 15 is 0 Å². The number of methoxy groups -OCH3 is 1. The first kappa shape index (κ1) is 18.9. The van der Waals surface area contributed by atoms with Crippen LogP contribution in [0, 0.1) is 18.3 Å². The minimum Gasteiger partial charge on any atom is -0.497 e. The van der Waals surface area contributed by atoms with Gasteiger partial charge in [-0.3, -0.25) is 14.2 Å². The number of ether oxygens (including phenoxy) is 1. The predicted octanol–water partition coefficient (Wildman–Crippen LogP) is 2.96. The van der Waals surface area contributed by atoms with Crippen LogP contribution in [0.2, 0.25) is 0 Å². The molecule has 28 heavy (non-hydrogen) atoms. The Kier molecular flexibility index (Phi) is 5.56. The van der Waals surface area contributed by atoms with Gasteiger partial charge in [0.15, 0.2) is 0 Å². The van der Waals surface area contributed by atoms with E-state index in [1.807, 2.05) is 24.3 Å². The van der Waals surface area contributed by atoms with Crippen LogP contribution in [0.5, 0.6) is 5.75 Å². The van der Waals surface area contributed by atoms with Gasteiger partial charge >= 0.3 is 0 Å². The van der Waals surface area contributed by atoms with Crippen molar-refractivity contribution in [1.29, 1.82) is 5.26 Å². The van der Waals surface area contributed by atoms with Crippen molar-refractivity contribution in [2.45, 2.75) is 13.5 Å². The molecule has 0 aliphatic rings. The van der Waals surface area contributed by atoms with Crippen LogP contribution < -0.4 is 15.6 Å². The Morgan fingerprint density at radius 3 is 2.68 bits per heavy atom. The molecule has 140 valence electrons. The lowest BCUT2D eigenvalue weighted by Gasteiger charge is -2.13. The van der Waals surface area contributed by atoms with Gasteiger partial charge in [0.25, 0.3) is 11.5 Å². The van der Waals surface area contributed by atoms with Gasteiger partial charge in [-0.1, -0.05) is 18.2 Å². The minimum absolute atomic E-state index is 0.0378. The standard InChI is InChI=1S/C22H19N3O3/c1-15-9-10-20(21(26)24-14-17-6-4-8-19(12-17)28-2)22(27)25(15)18-7-3-5-16(11-18)13-23/h3-12H,14H2,1-2H3,(H,24,26). The van der Waals surface area contributed by atoms with E-state index < -0.39 is 11.5 Å². The zero-order valence-corrected chi connectivity index (χ0v) is 15.6. The van der Waals surface area contributed by atoms with Crippen LogP contribution in [0.4, 0.5) is 0 Å². The van der Waals surface area contributed by atoms with Gasteiger partial charge in [-0.15, -0.1) is 0 Å². The number of hydrogen-bond acceptors (Lipinski definition) is 4. The normalized spacial score (nSPS) is 10.2. The number of aryl methyl sites for hydroxylation is 1. The second-order valence-electron chi connectivity index (χ2n) is 6.23. The van der Waals surface area contributed by atoms with E-state index in [2.05, 4.69) is 11.4 Å². The second-order valence-corrected chi connectivity index (χ2v) is 6.23. The third-order valence-electron chi connectivity index (χ3n) is 4.34. The smallest absolute Gasteiger partial charge is 0.268 e. The van der Waals surface area contributed by atoms with E-state index in [9.17, 15) is 9.59 Å². The van der Waals surface area contributed by atoms with Crippen molar-refractivity contribution in [3.05, 3.63) is 93.4 Å². The quantitative estimate of drug-likeness (QED) is 0.745. The largest absolute Gasteiger partial charge is 0.497 e. The highest BCUT2D eigenvalue weighted by atomic mass is 16.5. The molecule has 0 spiro atoms. The summed E-state index contributed by atoms with van der Waals surface area (Å²) in [5.74, 6) is 0.236. The predicted molar refractivity (Wildman–Crippen MR) is 106 cm³/mol. The molecule has 6 nitrogen and oxygen atoms in total. The zero-order valence-electron chi connectivity index (χ0n) is 15.6. The van der Waals surface area contributed by atoms with Crippen LogP contribution in [0.3, 0.4) is 0 Å². The fourth-order valence-electron chi connectivity index (χ4n) is 2.90. The molecule has 0 saturated heterocycles. The molecule has 0 aliphatic heterocycles. The maximum Gasteiger partial charge on any atom is 0.268 e. The summed E-state index contributed by atoms with van der Waals surface area (Å²) in [7, 11) is 1.58. The summed E-state index contributed by atoms with van der Waals surface area (Å²) in [6.07, 6.45) is 0. The highest BCUT2D eigenvalue weighted by Gasteiger charge is 2.15. The number of hydrogen-bond donors (Lipinski definition) is 1. The molecule has 3 aromatic rings. The number of amides is 1. The first-order chi connectivity index (χ1) is 13.5. The van der Waals surface area contributed by atoms with E-state index in [1.54, 1.807) is 44.4 Å². The van der Waals surface area contributed by atoms with Crippen LogP contribution >= 0.6 is 0 Å². The summed E-state index contributed by atoms with van der Waals surface area (Å²) >= 11 is 0.